The number of benzene rings is 1. The predicted octanol–water partition coefficient (Wildman–Crippen LogP) is 1.30. The van der Waals surface area contributed by atoms with E-state index in [0.29, 0.717) is 5.91 Å². The molecule has 0 aliphatic carbocycles. The smallest absolute Gasteiger partial charge is 0.227 e. The number of likely N-dealkylation sites (tertiary alicyclic amines) is 1. The Labute approximate surface area is 138 Å². The fourth-order valence-corrected chi connectivity index (χ4v) is 3.54. The number of hydrogen-bond donors (Lipinski definition) is 0. The third-order valence-electron chi connectivity index (χ3n) is 4.95. The number of methoxy groups -OCH3 is 1. The van der Waals surface area contributed by atoms with Crippen LogP contribution in [0.5, 0.6) is 0 Å². The van der Waals surface area contributed by atoms with Crippen molar-refractivity contribution in [2.24, 2.45) is 5.92 Å². The van der Waals surface area contributed by atoms with E-state index in [1.54, 1.807) is 7.11 Å². The maximum atomic E-state index is 12.7. The van der Waals surface area contributed by atoms with Crippen LogP contribution < -0.4 is 4.90 Å². The van der Waals surface area contributed by atoms with Crippen molar-refractivity contribution in [2.45, 2.75) is 6.42 Å². The van der Waals surface area contributed by atoms with Crippen molar-refractivity contribution in [2.75, 3.05) is 64.4 Å². The maximum Gasteiger partial charge on any atom is 0.227 e. The lowest BCUT2D eigenvalue weighted by atomic mass is 10.1. The van der Waals surface area contributed by atoms with Gasteiger partial charge in [-0.1, -0.05) is 18.2 Å². The molecule has 2 heterocycles. The van der Waals surface area contributed by atoms with Gasteiger partial charge in [-0.25, -0.2) is 0 Å². The molecule has 1 unspecified atom stereocenters. The number of para-hydroxylation sites is 1. The SMILES string of the molecule is COCCN1CCC(C(=O)N2CCN(c3ccccc3)CC2)C1. The van der Waals surface area contributed by atoms with Crippen LogP contribution in [0.3, 0.4) is 0 Å². The third kappa shape index (κ3) is 4.03. The number of hydrogen-bond acceptors (Lipinski definition) is 4. The van der Waals surface area contributed by atoms with Gasteiger partial charge in [0.25, 0.3) is 0 Å². The summed E-state index contributed by atoms with van der Waals surface area (Å²) in [6.45, 7) is 7.11. The van der Waals surface area contributed by atoms with E-state index >= 15 is 0 Å². The Morgan fingerprint density at radius 1 is 1.13 bits per heavy atom. The van der Waals surface area contributed by atoms with Gasteiger partial charge >= 0.3 is 0 Å². The molecule has 1 aromatic rings. The molecule has 5 nitrogen and oxygen atoms in total. The Hall–Kier alpha value is -1.59. The average Bonchev–Trinajstić information content (AvgIpc) is 3.09. The molecule has 2 fully saturated rings. The molecule has 0 saturated carbocycles. The highest BCUT2D eigenvalue weighted by Crippen LogP contribution is 2.21. The van der Waals surface area contributed by atoms with Crippen LogP contribution in [-0.4, -0.2) is 75.2 Å². The number of amides is 1. The van der Waals surface area contributed by atoms with E-state index in [1.165, 1.54) is 5.69 Å². The summed E-state index contributed by atoms with van der Waals surface area (Å²) in [4.78, 5) is 19.5. The van der Waals surface area contributed by atoms with E-state index in [1.807, 2.05) is 6.07 Å². The summed E-state index contributed by atoms with van der Waals surface area (Å²) in [7, 11) is 1.73. The van der Waals surface area contributed by atoms with Crippen molar-refractivity contribution in [1.82, 2.24) is 9.80 Å². The first kappa shape index (κ1) is 16.3. The predicted molar refractivity (Wildman–Crippen MR) is 91.7 cm³/mol. The van der Waals surface area contributed by atoms with Crippen LogP contribution in [-0.2, 0) is 9.53 Å². The number of rotatable bonds is 5. The van der Waals surface area contributed by atoms with E-state index in [0.717, 1.165) is 58.8 Å². The Balaban J connectivity index is 1.47. The normalized spacial score (nSPS) is 22.6. The van der Waals surface area contributed by atoms with Crippen molar-refractivity contribution in [3.8, 4) is 0 Å². The second kappa shape index (κ2) is 7.79. The molecule has 2 aliphatic heterocycles. The van der Waals surface area contributed by atoms with Gasteiger partial charge in [-0.05, 0) is 25.1 Å². The highest BCUT2D eigenvalue weighted by Gasteiger charge is 2.32. The van der Waals surface area contributed by atoms with Gasteiger partial charge in [0.05, 0.1) is 12.5 Å². The number of ether oxygens (including phenoxy) is 1. The topological polar surface area (TPSA) is 36.0 Å². The van der Waals surface area contributed by atoms with Gasteiger partial charge in [0.2, 0.25) is 5.91 Å². The lowest BCUT2D eigenvalue weighted by Crippen LogP contribution is -2.50. The number of nitrogens with zero attached hydrogens (tertiary/aromatic N) is 3. The molecule has 3 rings (SSSR count). The zero-order valence-electron chi connectivity index (χ0n) is 14.0. The second-order valence-corrected chi connectivity index (χ2v) is 6.43. The summed E-state index contributed by atoms with van der Waals surface area (Å²) in [5, 5.41) is 0. The molecule has 0 radical (unpaired) electrons. The van der Waals surface area contributed by atoms with Gasteiger partial charge in [0.1, 0.15) is 0 Å². The minimum Gasteiger partial charge on any atom is -0.383 e. The van der Waals surface area contributed by atoms with Crippen molar-refractivity contribution in [3.05, 3.63) is 30.3 Å². The number of carbonyl (C=O) groups is 1. The van der Waals surface area contributed by atoms with E-state index in [9.17, 15) is 4.79 Å². The largest absolute Gasteiger partial charge is 0.383 e. The molecule has 2 saturated heterocycles. The lowest BCUT2D eigenvalue weighted by Gasteiger charge is -2.37. The van der Waals surface area contributed by atoms with Gasteiger partial charge < -0.3 is 19.4 Å². The minimum absolute atomic E-state index is 0.176. The zero-order valence-corrected chi connectivity index (χ0v) is 14.0. The first-order valence-electron chi connectivity index (χ1n) is 8.58. The summed E-state index contributed by atoms with van der Waals surface area (Å²) < 4.78 is 5.13. The summed E-state index contributed by atoms with van der Waals surface area (Å²) >= 11 is 0. The summed E-state index contributed by atoms with van der Waals surface area (Å²) in [6.07, 6.45) is 0.988. The van der Waals surface area contributed by atoms with Gasteiger partial charge in [0.15, 0.2) is 0 Å². The van der Waals surface area contributed by atoms with Crippen LogP contribution in [0.15, 0.2) is 30.3 Å². The van der Waals surface area contributed by atoms with Crippen LogP contribution in [0.1, 0.15) is 6.42 Å². The molecule has 1 aromatic carbocycles. The Morgan fingerprint density at radius 2 is 1.87 bits per heavy atom. The zero-order chi connectivity index (χ0) is 16.1. The number of piperazine rings is 1. The molecule has 1 atom stereocenters. The number of anilines is 1. The van der Waals surface area contributed by atoms with E-state index < -0.39 is 0 Å². The maximum absolute atomic E-state index is 12.7. The van der Waals surface area contributed by atoms with E-state index in [2.05, 4.69) is 39.0 Å². The molecule has 0 bridgehead atoms. The first-order chi connectivity index (χ1) is 11.3. The third-order valence-corrected chi connectivity index (χ3v) is 4.95. The minimum atomic E-state index is 0.176. The Bertz CT molecular complexity index is 500. The fraction of sp³-hybridized carbons (Fsp3) is 0.611. The van der Waals surface area contributed by atoms with Crippen LogP contribution in [0.4, 0.5) is 5.69 Å². The molecule has 0 spiro atoms. The van der Waals surface area contributed by atoms with Crippen molar-refractivity contribution in [1.29, 1.82) is 0 Å². The van der Waals surface area contributed by atoms with Crippen LogP contribution >= 0.6 is 0 Å². The summed E-state index contributed by atoms with van der Waals surface area (Å²) in [5.74, 6) is 0.521. The highest BCUT2D eigenvalue weighted by molar-refractivity contribution is 5.79. The van der Waals surface area contributed by atoms with Crippen LogP contribution in [0, 0.1) is 5.92 Å². The molecule has 0 N–H and O–H groups in total. The molecule has 23 heavy (non-hydrogen) atoms. The molecule has 5 heteroatoms. The summed E-state index contributed by atoms with van der Waals surface area (Å²) in [6, 6.07) is 10.5. The highest BCUT2D eigenvalue weighted by atomic mass is 16.5. The van der Waals surface area contributed by atoms with Crippen LogP contribution in [0.2, 0.25) is 0 Å². The monoisotopic (exact) mass is 317 g/mol. The first-order valence-corrected chi connectivity index (χ1v) is 8.58. The Kier molecular flexibility index (Phi) is 5.51. The molecular weight excluding hydrogens is 290 g/mol. The summed E-state index contributed by atoms with van der Waals surface area (Å²) in [5.41, 5.74) is 1.26. The van der Waals surface area contributed by atoms with Crippen LogP contribution in [0.25, 0.3) is 0 Å². The quantitative estimate of drug-likeness (QED) is 0.820. The molecular formula is C18H27N3O2. The van der Waals surface area contributed by atoms with Crippen molar-refractivity contribution < 1.29 is 9.53 Å². The van der Waals surface area contributed by atoms with Crippen molar-refractivity contribution in [3.63, 3.8) is 0 Å². The van der Waals surface area contributed by atoms with Crippen molar-refractivity contribution >= 4 is 11.6 Å². The average molecular weight is 317 g/mol. The second-order valence-electron chi connectivity index (χ2n) is 6.43. The standard InChI is InChI=1S/C18H27N3O2/c1-23-14-13-19-8-7-16(15-19)18(22)21-11-9-20(10-12-21)17-5-3-2-4-6-17/h2-6,16H,7-15H2,1H3. The van der Waals surface area contributed by atoms with Gasteiger partial charge in [-0.15, -0.1) is 0 Å². The van der Waals surface area contributed by atoms with Gasteiger partial charge in [0, 0.05) is 52.1 Å². The molecule has 1 amide bonds. The van der Waals surface area contributed by atoms with Gasteiger partial charge in [-0.3, -0.25) is 4.79 Å². The molecule has 2 aliphatic rings. The molecule has 0 aromatic heterocycles. The Morgan fingerprint density at radius 3 is 2.57 bits per heavy atom. The number of carbonyl (C=O) groups excluding carboxylic acids is 1. The fourth-order valence-electron chi connectivity index (χ4n) is 3.54. The van der Waals surface area contributed by atoms with E-state index in [-0.39, 0.29) is 5.92 Å². The lowest BCUT2D eigenvalue weighted by molar-refractivity contribution is -0.135. The van der Waals surface area contributed by atoms with E-state index in [4.69, 9.17) is 4.74 Å². The molecule has 126 valence electrons. The van der Waals surface area contributed by atoms with Gasteiger partial charge in [-0.2, -0.15) is 0 Å².